The maximum Gasteiger partial charge on any atom is 0.0956 e. The molecule has 6 aliphatic rings. The predicted octanol–water partition coefficient (Wildman–Crippen LogP) is 6.70. The second kappa shape index (κ2) is 8.70. The summed E-state index contributed by atoms with van der Waals surface area (Å²) < 4.78 is 7.48. The Labute approximate surface area is 215 Å². The Morgan fingerprint density at radius 3 is 2.77 bits per heavy atom. The molecule has 2 bridgehead atoms. The van der Waals surface area contributed by atoms with Crippen LogP contribution in [0, 0.1) is 35.0 Å². The molecule has 2 spiro atoms. The molecule has 0 unspecified atom stereocenters. The zero-order valence-corrected chi connectivity index (χ0v) is 23.6. The lowest BCUT2D eigenvalue weighted by atomic mass is 9.55. The maximum absolute atomic E-state index is 7.48. The molecular formula is C32H52N2O. The molecule has 35 heavy (non-hydrogen) atoms. The Hall–Kier alpha value is -0.640. The summed E-state index contributed by atoms with van der Waals surface area (Å²) in [5.41, 5.74) is 3.73. The van der Waals surface area contributed by atoms with Crippen LogP contribution >= 0.6 is 0 Å². The van der Waals surface area contributed by atoms with Gasteiger partial charge in [-0.1, -0.05) is 39.3 Å². The Balaban J connectivity index is 1.20. The molecule has 9 atom stereocenters. The van der Waals surface area contributed by atoms with Crippen LogP contribution in [0.2, 0.25) is 0 Å². The summed E-state index contributed by atoms with van der Waals surface area (Å²) in [6.07, 6.45) is 19.8. The van der Waals surface area contributed by atoms with Gasteiger partial charge in [0, 0.05) is 12.6 Å². The van der Waals surface area contributed by atoms with E-state index >= 15 is 0 Å². The number of piperidine rings is 1. The van der Waals surface area contributed by atoms with Crippen molar-refractivity contribution < 1.29 is 4.74 Å². The molecule has 3 heteroatoms. The Kier molecular flexibility index (Phi) is 6.14. The van der Waals surface area contributed by atoms with E-state index in [1.54, 1.807) is 5.57 Å². The van der Waals surface area contributed by atoms with Gasteiger partial charge in [0.15, 0.2) is 0 Å². The number of hydrogen-bond acceptors (Lipinski definition) is 3. The molecule has 196 valence electrons. The Bertz CT molecular complexity index is 892. The van der Waals surface area contributed by atoms with Crippen LogP contribution in [0.1, 0.15) is 91.4 Å². The second-order valence-corrected chi connectivity index (χ2v) is 14.5. The minimum absolute atomic E-state index is 0.00290. The first kappa shape index (κ1) is 24.7. The van der Waals surface area contributed by atoms with E-state index in [0.29, 0.717) is 11.5 Å². The van der Waals surface area contributed by atoms with Gasteiger partial charge in [-0.15, -0.1) is 0 Å². The fourth-order valence-corrected chi connectivity index (χ4v) is 10.3. The zero-order chi connectivity index (χ0) is 24.6. The van der Waals surface area contributed by atoms with Crippen LogP contribution < -0.4 is 0 Å². The molecular weight excluding hydrogens is 428 g/mol. The fraction of sp³-hybridized carbons (Fsp3) is 0.875. The van der Waals surface area contributed by atoms with Gasteiger partial charge in [-0.05, 0) is 138 Å². The third-order valence-electron chi connectivity index (χ3n) is 12.5. The van der Waals surface area contributed by atoms with E-state index in [1.807, 2.05) is 0 Å². The third-order valence-corrected chi connectivity index (χ3v) is 12.5. The minimum atomic E-state index is 0.00290. The van der Waals surface area contributed by atoms with Crippen molar-refractivity contribution in [3.63, 3.8) is 0 Å². The summed E-state index contributed by atoms with van der Waals surface area (Å²) >= 11 is 0. The van der Waals surface area contributed by atoms with E-state index in [4.69, 9.17) is 4.74 Å². The van der Waals surface area contributed by atoms with Gasteiger partial charge in [-0.2, -0.15) is 0 Å². The molecule has 3 heterocycles. The summed E-state index contributed by atoms with van der Waals surface area (Å²) in [6.45, 7) is 10.4. The van der Waals surface area contributed by atoms with Crippen LogP contribution in [0.25, 0.3) is 0 Å². The highest BCUT2D eigenvalue weighted by molar-refractivity contribution is 5.47. The van der Waals surface area contributed by atoms with Crippen molar-refractivity contribution in [2.45, 2.75) is 109 Å². The third kappa shape index (κ3) is 3.76. The van der Waals surface area contributed by atoms with Crippen molar-refractivity contribution in [1.82, 2.24) is 9.80 Å². The summed E-state index contributed by atoms with van der Waals surface area (Å²) in [5.74, 6) is 4.26. The molecule has 2 saturated heterocycles. The quantitative estimate of drug-likeness (QED) is 0.436. The van der Waals surface area contributed by atoms with E-state index in [0.717, 1.165) is 29.6 Å². The average Bonchev–Trinajstić information content (AvgIpc) is 3.33. The summed E-state index contributed by atoms with van der Waals surface area (Å²) in [6, 6.07) is 0.622. The molecule has 3 aliphatic heterocycles. The van der Waals surface area contributed by atoms with Crippen LogP contribution in [0.15, 0.2) is 23.3 Å². The van der Waals surface area contributed by atoms with E-state index in [1.165, 1.54) is 89.3 Å². The first-order chi connectivity index (χ1) is 16.7. The van der Waals surface area contributed by atoms with Gasteiger partial charge in [-0.3, -0.25) is 0 Å². The summed E-state index contributed by atoms with van der Waals surface area (Å²) in [4.78, 5) is 4.96. The summed E-state index contributed by atoms with van der Waals surface area (Å²) in [5, 5.41) is 0. The molecule has 0 aromatic rings. The number of likely N-dealkylation sites (tertiary alicyclic amines) is 1. The van der Waals surface area contributed by atoms with Crippen molar-refractivity contribution in [3.8, 4) is 0 Å². The Morgan fingerprint density at radius 1 is 1.17 bits per heavy atom. The highest BCUT2D eigenvalue weighted by Crippen LogP contribution is 2.69. The highest BCUT2D eigenvalue weighted by atomic mass is 16.5. The standard InChI is InChI=1S/C32H52N2O/c1-22(7-8-24-14-18-34(6)21-23(24)2)28-11-12-29-30(28,3)15-13-26-19-25-9-10-27(33(4)5)20-31(25)16-17-32(26,29)35-31/h9,19,22-24,27-29H,7-8,10-18,20-21H2,1-6H3/t22-,23-,24-,27-,28-,29-,30-,31-,32-/m1/s1. The van der Waals surface area contributed by atoms with Crippen LogP contribution in [0.5, 0.6) is 0 Å². The van der Waals surface area contributed by atoms with Crippen LogP contribution in [0.4, 0.5) is 0 Å². The van der Waals surface area contributed by atoms with Gasteiger partial charge in [0.05, 0.1) is 11.2 Å². The van der Waals surface area contributed by atoms with Gasteiger partial charge in [0.1, 0.15) is 0 Å². The van der Waals surface area contributed by atoms with Crippen molar-refractivity contribution in [2.24, 2.45) is 35.0 Å². The molecule has 2 saturated carbocycles. The minimum Gasteiger partial charge on any atom is -0.359 e. The van der Waals surface area contributed by atoms with Crippen LogP contribution in [-0.2, 0) is 4.74 Å². The largest absolute Gasteiger partial charge is 0.359 e. The lowest BCUT2D eigenvalue weighted by molar-refractivity contribution is -0.149. The highest BCUT2D eigenvalue weighted by Gasteiger charge is 2.67. The van der Waals surface area contributed by atoms with E-state index in [2.05, 4.69) is 63.9 Å². The molecule has 0 aromatic carbocycles. The number of ether oxygens (including phenoxy) is 1. The summed E-state index contributed by atoms with van der Waals surface area (Å²) in [7, 11) is 6.80. The normalized spacial score (nSPS) is 48.1. The van der Waals surface area contributed by atoms with Crippen LogP contribution in [0.3, 0.4) is 0 Å². The van der Waals surface area contributed by atoms with Gasteiger partial charge >= 0.3 is 0 Å². The van der Waals surface area contributed by atoms with Gasteiger partial charge in [-0.25, -0.2) is 0 Å². The molecule has 0 amide bonds. The fourth-order valence-electron chi connectivity index (χ4n) is 10.3. The maximum atomic E-state index is 7.48. The topological polar surface area (TPSA) is 15.7 Å². The number of hydrogen-bond donors (Lipinski definition) is 0. The molecule has 3 nitrogen and oxygen atoms in total. The SMILES string of the molecule is C[C@@H]1CN(C)CC[C@H]1CC[C@@H](C)[C@H]1CC[C@@H]2[C@]1(C)CCC1=CC3=CC[C@@H](N(C)C)C[C@]34CC[C@@]12O4. The van der Waals surface area contributed by atoms with Crippen LogP contribution in [-0.4, -0.2) is 61.3 Å². The molecule has 3 aliphatic carbocycles. The van der Waals surface area contributed by atoms with Crippen molar-refractivity contribution >= 4 is 0 Å². The Morgan fingerprint density at radius 2 is 2.00 bits per heavy atom. The van der Waals surface area contributed by atoms with E-state index in [9.17, 15) is 0 Å². The van der Waals surface area contributed by atoms with Crippen molar-refractivity contribution in [1.29, 1.82) is 0 Å². The predicted molar refractivity (Wildman–Crippen MR) is 145 cm³/mol. The molecule has 0 N–H and O–H groups in total. The zero-order valence-electron chi connectivity index (χ0n) is 23.6. The average molecular weight is 481 g/mol. The first-order valence-corrected chi connectivity index (χ1v) is 15.1. The van der Waals surface area contributed by atoms with Gasteiger partial charge < -0.3 is 14.5 Å². The number of rotatable bonds is 5. The van der Waals surface area contributed by atoms with E-state index in [-0.39, 0.29) is 11.2 Å². The lowest BCUT2D eigenvalue weighted by Gasteiger charge is -2.56. The van der Waals surface area contributed by atoms with Gasteiger partial charge in [0.2, 0.25) is 0 Å². The smallest absolute Gasteiger partial charge is 0.0956 e. The van der Waals surface area contributed by atoms with Crippen molar-refractivity contribution in [3.05, 3.63) is 23.3 Å². The van der Waals surface area contributed by atoms with Gasteiger partial charge in [0.25, 0.3) is 0 Å². The molecule has 0 aromatic heterocycles. The van der Waals surface area contributed by atoms with Crippen molar-refractivity contribution in [2.75, 3.05) is 34.2 Å². The monoisotopic (exact) mass is 480 g/mol. The molecule has 6 rings (SSSR count). The first-order valence-electron chi connectivity index (χ1n) is 15.1. The number of fused-ring (bicyclic) bond motifs is 1. The number of nitrogens with zero attached hydrogens (tertiary/aromatic N) is 2. The van der Waals surface area contributed by atoms with E-state index < -0.39 is 0 Å². The second-order valence-electron chi connectivity index (χ2n) is 14.5. The molecule has 4 fully saturated rings. The molecule has 0 radical (unpaired) electrons. The lowest BCUT2D eigenvalue weighted by Crippen LogP contribution is -2.56.